The van der Waals surface area contributed by atoms with Crippen molar-refractivity contribution in [2.75, 3.05) is 26.6 Å². The van der Waals surface area contributed by atoms with Crippen LogP contribution >= 0.6 is 0 Å². The zero-order chi connectivity index (χ0) is 18.1. The van der Waals surface area contributed by atoms with E-state index >= 15 is 0 Å². The highest BCUT2D eigenvalue weighted by Gasteiger charge is 2.34. The minimum absolute atomic E-state index is 0.299. The Hall–Kier alpha value is 0.491. The summed E-state index contributed by atoms with van der Waals surface area (Å²) in [5.41, 5.74) is -0.299. The van der Waals surface area contributed by atoms with Crippen LogP contribution in [0.4, 0.5) is 0 Å². The average Bonchev–Trinajstić information content (AvgIpc) is 2.35. The van der Waals surface area contributed by atoms with Gasteiger partial charge in [-0.3, -0.25) is 0 Å². The number of hydrogen-bond donors (Lipinski definition) is 0. The van der Waals surface area contributed by atoms with Crippen LogP contribution < -0.4 is 0 Å². The first-order valence-electron chi connectivity index (χ1n) is 9.09. The Morgan fingerprint density at radius 1 is 0.913 bits per heavy atom. The van der Waals surface area contributed by atoms with Gasteiger partial charge >= 0.3 is 0 Å². The monoisotopic (exact) mass is 379 g/mol. The largest absolute Gasteiger partial charge is 0.367 e. The van der Waals surface area contributed by atoms with E-state index in [1.807, 2.05) is 13.8 Å². The van der Waals surface area contributed by atoms with Gasteiger partial charge in [0.15, 0.2) is 0 Å². The zero-order valence-electron chi connectivity index (χ0n) is 17.1. The van der Waals surface area contributed by atoms with Gasteiger partial charge in [-0.2, -0.15) is 0 Å². The minimum Gasteiger partial charge on any atom is -0.367 e. The molecule has 140 valence electrons. The van der Waals surface area contributed by atoms with Gasteiger partial charge in [0.25, 0.3) is 0 Å². The molecule has 0 aromatic carbocycles. The van der Waals surface area contributed by atoms with Crippen LogP contribution in [0.3, 0.4) is 0 Å². The van der Waals surface area contributed by atoms with Gasteiger partial charge in [0, 0.05) is 19.8 Å². The molecule has 0 amide bonds. The summed E-state index contributed by atoms with van der Waals surface area (Å²) in [5.74, 6) is 0. The van der Waals surface area contributed by atoms with Crippen molar-refractivity contribution >= 4 is 26.0 Å². The molecule has 0 atom stereocenters. The van der Waals surface area contributed by atoms with Crippen molar-refractivity contribution < 1.29 is 14.2 Å². The summed E-state index contributed by atoms with van der Waals surface area (Å²) in [6.45, 7) is 23.8. The van der Waals surface area contributed by atoms with E-state index in [1.165, 1.54) is 6.04 Å². The Labute approximate surface area is 149 Å². The Kier molecular flexibility index (Phi) is 10.7. The molecule has 23 heavy (non-hydrogen) atoms. The lowest BCUT2D eigenvalue weighted by atomic mass is 10.5. The van der Waals surface area contributed by atoms with Crippen molar-refractivity contribution in [2.24, 2.45) is 0 Å². The predicted molar refractivity (Wildman–Crippen MR) is 109 cm³/mol. The molecule has 0 aliphatic rings. The molecule has 4 nitrogen and oxygen atoms in total. The molecular weight excluding hydrogens is 338 g/mol. The van der Waals surface area contributed by atoms with E-state index in [9.17, 15) is 0 Å². The third kappa shape index (κ3) is 10.2. The Morgan fingerprint density at radius 3 is 1.78 bits per heavy atom. The first kappa shape index (κ1) is 23.5. The Morgan fingerprint density at radius 2 is 1.39 bits per heavy atom. The molecule has 0 unspecified atom stereocenters. The second-order valence-electron chi connectivity index (χ2n) is 8.26. The van der Waals surface area contributed by atoms with E-state index in [0.29, 0.717) is 0 Å². The van der Waals surface area contributed by atoms with Gasteiger partial charge in [-0.05, 0) is 27.2 Å². The van der Waals surface area contributed by atoms with Crippen LogP contribution in [0.1, 0.15) is 27.2 Å². The van der Waals surface area contributed by atoms with E-state index in [2.05, 4.69) is 50.4 Å². The zero-order valence-corrected chi connectivity index (χ0v) is 20.5. The van der Waals surface area contributed by atoms with E-state index in [4.69, 9.17) is 14.2 Å². The average molecular weight is 380 g/mol. The van der Waals surface area contributed by atoms with E-state index in [-0.39, 0.29) is 5.41 Å². The van der Waals surface area contributed by atoms with Gasteiger partial charge in [-0.15, -0.1) is 0 Å². The molecule has 0 spiro atoms. The highest BCUT2D eigenvalue weighted by atomic mass is 28.4. The van der Waals surface area contributed by atoms with E-state index in [0.717, 1.165) is 33.0 Å². The van der Waals surface area contributed by atoms with Crippen LogP contribution in [0, 0.1) is 0 Å². The predicted octanol–water partition coefficient (Wildman–Crippen LogP) is 3.66. The fourth-order valence-electron chi connectivity index (χ4n) is 3.00. The number of hydrogen-bond acceptors (Lipinski definition) is 4. The van der Waals surface area contributed by atoms with Crippen molar-refractivity contribution in [3.8, 4) is 0 Å². The van der Waals surface area contributed by atoms with Crippen LogP contribution in [0.15, 0.2) is 0 Å². The SMILES string of the molecule is CCOC(C)(OCC)[SiH2]CCCOCN([Si](C)(C)C)[Si](C)(C)C. The lowest BCUT2D eigenvalue weighted by Gasteiger charge is -2.43. The molecule has 0 N–H and O–H groups in total. The number of nitrogens with zero attached hydrogens (tertiary/aromatic N) is 1. The maximum absolute atomic E-state index is 6.02. The Balaban J connectivity index is 4.12. The molecule has 0 fully saturated rings. The summed E-state index contributed by atoms with van der Waals surface area (Å²) in [5, 5.41) is 0. The lowest BCUT2D eigenvalue weighted by Crippen LogP contribution is -2.59. The van der Waals surface area contributed by atoms with Crippen LogP contribution in [0.5, 0.6) is 0 Å². The molecule has 0 saturated carbocycles. The van der Waals surface area contributed by atoms with Gasteiger partial charge in [0.1, 0.15) is 21.9 Å². The summed E-state index contributed by atoms with van der Waals surface area (Å²) >= 11 is 0. The topological polar surface area (TPSA) is 30.9 Å². The van der Waals surface area contributed by atoms with Crippen molar-refractivity contribution in [2.45, 2.75) is 77.9 Å². The van der Waals surface area contributed by atoms with Crippen LogP contribution in [-0.2, 0) is 14.2 Å². The number of ether oxygens (including phenoxy) is 3. The molecule has 0 aliphatic carbocycles. The quantitative estimate of drug-likeness (QED) is 0.278. The molecule has 0 aliphatic heterocycles. The van der Waals surface area contributed by atoms with Crippen LogP contribution in [0.25, 0.3) is 0 Å². The standard InChI is InChI=1S/C16H41NO3Si3/c1-10-19-16(3,20-11-2)21-14-12-13-18-15-17(22(4,5)6)23(7,8)9/h10-15,21H2,1-9H3. The summed E-state index contributed by atoms with van der Waals surface area (Å²) in [4.78, 5) is 0. The third-order valence-corrected chi connectivity index (χ3v) is 13.6. The number of rotatable bonds is 13. The third-order valence-electron chi connectivity index (χ3n) is 3.91. The van der Waals surface area contributed by atoms with E-state index < -0.39 is 26.0 Å². The normalized spacial score (nSPS) is 14.3. The van der Waals surface area contributed by atoms with Gasteiger partial charge in [-0.1, -0.05) is 45.3 Å². The summed E-state index contributed by atoms with van der Waals surface area (Å²) < 4.78 is 20.3. The van der Waals surface area contributed by atoms with Gasteiger partial charge in [0.05, 0.1) is 16.3 Å². The van der Waals surface area contributed by atoms with Crippen molar-refractivity contribution in [3.05, 3.63) is 0 Å². The van der Waals surface area contributed by atoms with Gasteiger partial charge < -0.3 is 18.4 Å². The maximum atomic E-state index is 6.02. The molecule has 7 heteroatoms. The highest BCUT2D eigenvalue weighted by Crippen LogP contribution is 2.19. The second kappa shape index (κ2) is 10.5. The highest BCUT2D eigenvalue weighted by molar-refractivity contribution is 6.89. The van der Waals surface area contributed by atoms with Crippen molar-refractivity contribution in [1.82, 2.24) is 4.23 Å². The minimum atomic E-state index is -1.30. The Bertz CT molecular complexity index is 297. The lowest BCUT2D eigenvalue weighted by molar-refractivity contribution is -0.163. The summed E-state index contributed by atoms with van der Waals surface area (Å²) in [6, 6.07) is 1.20. The smallest absolute Gasteiger partial charge is 0.142 e. The van der Waals surface area contributed by atoms with Crippen LogP contribution in [-0.4, -0.2) is 62.2 Å². The molecule has 0 bridgehead atoms. The fourth-order valence-corrected chi connectivity index (χ4v) is 13.8. The molecule has 0 saturated heterocycles. The molecule has 0 aromatic heterocycles. The summed E-state index contributed by atoms with van der Waals surface area (Å²) in [6.07, 6.45) is 1.12. The molecule has 0 aromatic rings. The van der Waals surface area contributed by atoms with Gasteiger partial charge in [-0.25, -0.2) is 0 Å². The van der Waals surface area contributed by atoms with Crippen molar-refractivity contribution in [1.29, 1.82) is 0 Å². The van der Waals surface area contributed by atoms with Crippen molar-refractivity contribution in [3.63, 3.8) is 0 Å². The molecule has 0 radical (unpaired) electrons. The molecular formula is C16H41NO3Si3. The van der Waals surface area contributed by atoms with Crippen LogP contribution in [0.2, 0.25) is 45.3 Å². The van der Waals surface area contributed by atoms with E-state index in [1.54, 1.807) is 0 Å². The first-order chi connectivity index (χ1) is 10.5. The first-order valence-corrected chi connectivity index (χ1v) is 17.7. The second-order valence-corrected chi connectivity index (χ2v) is 21.0. The maximum Gasteiger partial charge on any atom is 0.142 e. The molecule has 0 rings (SSSR count). The molecule has 0 heterocycles. The van der Waals surface area contributed by atoms with Gasteiger partial charge in [0.2, 0.25) is 0 Å². The summed E-state index contributed by atoms with van der Waals surface area (Å²) in [7, 11) is -3.02. The fraction of sp³-hybridized carbons (Fsp3) is 1.00.